The number of aryl methyl sites for hydroxylation is 1. The molecule has 0 radical (unpaired) electrons. The van der Waals surface area contributed by atoms with E-state index in [1.54, 1.807) is 6.26 Å². The van der Waals surface area contributed by atoms with Crippen LogP contribution in [0, 0.1) is 12.3 Å². The summed E-state index contributed by atoms with van der Waals surface area (Å²) in [7, 11) is 0. The first-order valence-corrected chi connectivity index (χ1v) is 5.80. The van der Waals surface area contributed by atoms with Crippen LogP contribution in [0.5, 0.6) is 0 Å². The monoisotopic (exact) mass is 225 g/mol. The summed E-state index contributed by atoms with van der Waals surface area (Å²) in [6, 6.07) is 1.95. The van der Waals surface area contributed by atoms with Gasteiger partial charge in [-0.05, 0) is 30.4 Å². The first kappa shape index (κ1) is 13.3. The largest absolute Gasteiger partial charge is 0.468 e. The standard InChI is InChI=1S/C13H23NO2/c1-10-5-6-16-12(10)9-14-8-11(15)7-13(2,3)4/h5-6,11,14-15H,7-9H2,1-4H3. The molecule has 0 saturated heterocycles. The maximum Gasteiger partial charge on any atom is 0.120 e. The van der Waals surface area contributed by atoms with Gasteiger partial charge in [0.1, 0.15) is 5.76 Å². The van der Waals surface area contributed by atoms with Gasteiger partial charge in [0, 0.05) is 6.54 Å². The predicted octanol–water partition coefficient (Wildman–Crippen LogP) is 2.47. The van der Waals surface area contributed by atoms with Gasteiger partial charge in [-0.25, -0.2) is 0 Å². The van der Waals surface area contributed by atoms with Crippen molar-refractivity contribution in [2.75, 3.05) is 6.54 Å². The molecule has 0 aromatic carbocycles. The lowest BCUT2D eigenvalue weighted by atomic mass is 9.89. The molecule has 92 valence electrons. The average Bonchev–Trinajstić information content (AvgIpc) is 2.48. The zero-order valence-electron chi connectivity index (χ0n) is 10.7. The number of rotatable bonds is 5. The first-order valence-electron chi connectivity index (χ1n) is 5.80. The van der Waals surface area contributed by atoms with Crippen LogP contribution in [0.15, 0.2) is 16.7 Å². The van der Waals surface area contributed by atoms with Crippen molar-refractivity contribution in [1.29, 1.82) is 0 Å². The second-order valence-corrected chi connectivity index (χ2v) is 5.58. The zero-order chi connectivity index (χ0) is 12.2. The Hall–Kier alpha value is -0.800. The molecule has 0 fully saturated rings. The minimum Gasteiger partial charge on any atom is -0.468 e. The number of nitrogens with one attached hydrogen (secondary N) is 1. The summed E-state index contributed by atoms with van der Waals surface area (Å²) in [5.74, 6) is 0.947. The van der Waals surface area contributed by atoms with Gasteiger partial charge in [0.05, 0.1) is 18.9 Å². The van der Waals surface area contributed by atoms with Gasteiger partial charge >= 0.3 is 0 Å². The fraction of sp³-hybridized carbons (Fsp3) is 0.692. The van der Waals surface area contributed by atoms with Gasteiger partial charge in [0.25, 0.3) is 0 Å². The van der Waals surface area contributed by atoms with Crippen molar-refractivity contribution in [3.63, 3.8) is 0 Å². The van der Waals surface area contributed by atoms with Crippen LogP contribution in [-0.4, -0.2) is 17.8 Å². The minimum atomic E-state index is -0.296. The van der Waals surface area contributed by atoms with Crippen LogP contribution in [0.25, 0.3) is 0 Å². The molecule has 0 aliphatic carbocycles. The third kappa shape index (κ3) is 4.81. The highest BCUT2D eigenvalue weighted by Gasteiger charge is 2.16. The van der Waals surface area contributed by atoms with E-state index in [4.69, 9.17) is 4.42 Å². The van der Waals surface area contributed by atoms with Crippen LogP contribution in [0.2, 0.25) is 0 Å². The summed E-state index contributed by atoms with van der Waals surface area (Å²) < 4.78 is 5.30. The van der Waals surface area contributed by atoms with Gasteiger partial charge in [-0.1, -0.05) is 20.8 Å². The van der Waals surface area contributed by atoms with E-state index in [1.807, 2.05) is 13.0 Å². The maximum absolute atomic E-state index is 9.79. The Morgan fingerprint density at radius 3 is 2.62 bits per heavy atom. The topological polar surface area (TPSA) is 45.4 Å². The molecule has 3 heteroatoms. The third-order valence-corrected chi connectivity index (χ3v) is 2.48. The summed E-state index contributed by atoms with van der Waals surface area (Å²) in [5.41, 5.74) is 1.32. The average molecular weight is 225 g/mol. The third-order valence-electron chi connectivity index (χ3n) is 2.48. The first-order chi connectivity index (χ1) is 7.38. The molecule has 1 atom stereocenters. The molecule has 0 aliphatic rings. The number of hydrogen-bond donors (Lipinski definition) is 2. The number of aliphatic hydroxyl groups is 1. The fourth-order valence-electron chi connectivity index (χ4n) is 1.72. The van der Waals surface area contributed by atoms with E-state index in [1.165, 1.54) is 0 Å². The van der Waals surface area contributed by atoms with Crippen molar-refractivity contribution in [2.45, 2.75) is 46.8 Å². The second kappa shape index (κ2) is 5.51. The van der Waals surface area contributed by atoms with Crippen molar-refractivity contribution >= 4 is 0 Å². The van der Waals surface area contributed by atoms with Crippen LogP contribution < -0.4 is 5.32 Å². The van der Waals surface area contributed by atoms with E-state index >= 15 is 0 Å². The molecule has 1 aromatic rings. The molecule has 0 bridgehead atoms. The molecule has 1 unspecified atom stereocenters. The van der Waals surface area contributed by atoms with E-state index in [2.05, 4.69) is 26.1 Å². The van der Waals surface area contributed by atoms with Crippen molar-refractivity contribution in [3.05, 3.63) is 23.7 Å². The van der Waals surface area contributed by atoms with Gasteiger partial charge in [-0.2, -0.15) is 0 Å². The Balaban J connectivity index is 2.23. The fourth-order valence-corrected chi connectivity index (χ4v) is 1.72. The zero-order valence-corrected chi connectivity index (χ0v) is 10.7. The highest BCUT2D eigenvalue weighted by Crippen LogP contribution is 2.20. The minimum absolute atomic E-state index is 0.168. The van der Waals surface area contributed by atoms with Crippen LogP contribution in [-0.2, 0) is 6.54 Å². The molecule has 2 N–H and O–H groups in total. The maximum atomic E-state index is 9.79. The summed E-state index contributed by atoms with van der Waals surface area (Å²) in [5, 5.41) is 13.0. The smallest absolute Gasteiger partial charge is 0.120 e. The second-order valence-electron chi connectivity index (χ2n) is 5.58. The predicted molar refractivity (Wildman–Crippen MR) is 65.2 cm³/mol. The van der Waals surface area contributed by atoms with Crippen molar-refractivity contribution in [1.82, 2.24) is 5.32 Å². The SMILES string of the molecule is Cc1ccoc1CNCC(O)CC(C)(C)C. The molecule has 3 nitrogen and oxygen atoms in total. The van der Waals surface area contributed by atoms with Crippen LogP contribution in [0.4, 0.5) is 0 Å². The molecule has 16 heavy (non-hydrogen) atoms. The highest BCUT2D eigenvalue weighted by molar-refractivity contribution is 5.14. The molecule has 1 heterocycles. The Bertz CT molecular complexity index is 312. The van der Waals surface area contributed by atoms with E-state index in [0.29, 0.717) is 13.1 Å². The molecule has 0 aliphatic heterocycles. The molecular formula is C13H23NO2. The number of hydrogen-bond acceptors (Lipinski definition) is 3. The normalized spacial score (nSPS) is 14.1. The molecular weight excluding hydrogens is 202 g/mol. The Kier molecular flexibility index (Phi) is 4.56. The van der Waals surface area contributed by atoms with Gasteiger partial charge in [-0.3, -0.25) is 0 Å². The molecule has 0 spiro atoms. The highest BCUT2D eigenvalue weighted by atomic mass is 16.3. The summed E-state index contributed by atoms with van der Waals surface area (Å²) >= 11 is 0. The summed E-state index contributed by atoms with van der Waals surface area (Å²) in [6.07, 6.45) is 2.20. The number of furan rings is 1. The molecule has 0 saturated carbocycles. The van der Waals surface area contributed by atoms with E-state index in [-0.39, 0.29) is 11.5 Å². The van der Waals surface area contributed by atoms with Crippen molar-refractivity contribution in [2.24, 2.45) is 5.41 Å². The lowest BCUT2D eigenvalue weighted by Crippen LogP contribution is -2.29. The van der Waals surface area contributed by atoms with Gasteiger partial charge in [0.2, 0.25) is 0 Å². The van der Waals surface area contributed by atoms with Crippen molar-refractivity contribution < 1.29 is 9.52 Å². The lowest BCUT2D eigenvalue weighted by Gasteiger charge is -2.22. The summed E-state index contributed by atoms with van der Waals surface area (Å²) in [6.45, 7) is 9.70. The van der Waals surface area contributed by atoms with Gasteiger partial charge < -0.3 is 14.8 Å². The van der Waals surface area contributed by atoms with Crippen LogP contribution >= 0.6 is 0 Å². The van der Waals surface area contributed by atoms with Crippen molar-refractivity contribution in [3.8, 4) is 0 Å². The quantitative estimate of drug-likeness (QED) is 0.809. The van der Waals surface area contributed by atoms with Crippen LogP contribution in [0.1, 0.15) is 38.5 Å². The van der Waals surface area contributed by atoms with E-state index < -0.39 is 0 Å². The van der Waals surface area contributed by atoms with Gasteiger partial charge in [-0.15, -0.1) is 0 Å². The lowest BCUT2D eigenvalue weighted by molar-refractivity contribution is 0.119. The Morgan fingerprint density at radius 1 is 1.44 bits per heavy atom. The molecule has 0 amide bonds. The van der Waals surface area contributed by atoms with E-state index in [0.717, 1.165) is 17.7 Å². The molecule has 1 aromatic heterocycles. The van der Waals surface area contributed by atoms with Crippen LogP contribution in [0.3, 0.4) is 0 Å². The van der Waals surface area contributed by atoms with E-state index in [9.17, 15) is 5.11 Å². The Labute approximate surface area is 97.9 Å². The van der Waals surface area contributed by atoms with Gasteiger partial charge in [0.15, 0.2) is 0 Å². The molecule has 1 rings (SSSR count). The Morgan fingerprint density at radius 2 is 2.12 bits per heavy atom. The number of aliphatic hydroxyl groups excluding tert-OH is 1. The summed E-state index contributed by atoms with van der Waals surface area (Å²) in [4.78, 5) is 0.